The Morgan fingerprint density at radius 1 is 1.41 bits per heavy atom. The SMILES string of the molecule is CN=C/C(Nc1ncc2ccc(N3C(=O)C4CCC3C4)cc2n1)=C(\N)C(F)(F)F.[HH]. The molecule has 2 atom stereocenters. The Balaban J connectivity index is 0.00000256. The molecule has 0 spiro atoms. The standard InChI is InChI=1S/C19H19F3N6O.H2/c1-24-9-15(16(23)19(20,21)22)27-18-25-8-11-3-5-13(7-14(11)26-18)28-12-4-2-10(6-12)17(28)29;/h3,5,7-10,12H,2,4,6,23H2,1H3,(H,25,26,27);1H/b16-15+,24-9?;. The molecule has 1 aromatic carbocycles. The molecule has 2 aliphatic rings. The molecule has 7 nitrogen and oxygen atoms in total. The summed E-state index contributed by atoms with van der Waals surface area (Å²) in [7, 11) is 1.33. The zero-order chi connectivity index (χ0) is 20.8. The van der Waals surface area contributed by atoms with E-state index >= 15 is 0 Å². The highest BCUT2D eigenvalue weighted by molar-refractivity contribution is 6.00. The van der Waals surface area contributed by atoms with E-state index in [0.717, 1.165) is 31.2 Å². The number of halogens is 3. The normalized spacial score (nSPS) is 22.6. The molecule has 29 heavy (non-hydrogen) atoms. The predicted molar refractivity (Wildman–Crippen MR) is 106 cm³/mol. The number of piperidine rings is 1. The highest BCUT2D eigenvalue weighted by Gasteiger charge is 2.45. The van der Waals surface area contributed by atoms with E-state index in [2.05, 4.69) is 20.3 Å². The predicted octanol–water partition coefficient (Wildman–Crippen LogP) is 3.24. The smallest absolute Gasteiger partial charge is 0.393 e. The van der Waals surface area contributed by atoms with Gasteiger partial charge in [-0.1, -0.05) is 0 Å². The van der Waals surface area contributed by atoms with Gasteiger partial charge in [0.25, 0.3) is 0 Å². The van der Waals surface area contributed by atoms with Gasteiger partial charge in [-0.3, -0.25) is 9.79 Å². The Kier molecular flexibility index (Phi) is 4.64. The van der Waals surface area contributed by atoms with Gasteiger partial charge in [0.2, 0.25) is 11.9 Å². The van der Waals surface area contributed by atoms with Crippen LogP contribution in [0.4, 0.5) is 24.8 Å². The molecule has 4 rings (SSSR count). The molecule has 1 amide bonds. The lowest BCUT2D eigenvalue weighted by Gasteiger charge is -2.27. The Hall–Kier alpha value is -3.17. The number of rotatable bonds is 4. The van der Waals surface area contributed by atoms with Gasteiger partial charge < -0.3 is 16.0 Å². The number of nitrogens with two attached hydrogens (primary N) is 1. The number of nitrogens with one attached hydrogen (secondary N) is 1. The minimum absolute atomic E-state index is 0. The van der Waals surface area contributed by atoms with Crippen molar-refractivity contribution >= 4 is 34.7 Å². The zero-order valence-electron chi connectivity index (χ0n) is 15.6. The number of amides is 1. The third-order valence-electron chi connectivity index (χ3n) is 5.30. The number of hydrogen-bond acceptors (Lipinski definition) is 6. The van der Waals surface area contributed by atoms with E-state index in [0.29, 0.717) is 10.9 Å². The lowest BCUT2D eigenvalue weighted by Crippen LogP contribution is -2.36. The first-order chi connectivity index (χ1) is 13.8. The van der Waals surface area contributed by atoms with E-state index in [1.807, 2.05) is 6.07 Å². The molecular weight excluding hydrogens is 385 g/mol. The lowest BCUT2D eigenvalue weighted by atomic mass is 10.1. The van der Waals surface area contributed by atoms with Crippen LogP contribution < -0.4 is 16.0 Å². The molecule has 1 aliphatic carbocycles. The van der Waals surface area contributed by atoms with Crippen molar-refractivity contribution in [3.8, 4) is 0 Å². The summed E-state index contributed by atoms with van der Waals surface area (Å²) in [5, 5.41) is 3.19. The van der Waals surface area contributed by atoms with Crippen LogP contribution >= 0.6 is 0 Å². The highest BCUT2D eigenvalue weighted by atomic mass is 19.4. The van der Waals surface area contributed by atoms with Gasteiger partial charge in [-0.2, -0.15) is 13.2 Å². The monoisotopic (exact) mass is 406 g/mol. The first kappa shape index (κ1) is 19.2. The Bertz CT molecular complexity index is 1040. The fraction of sp³-hybridized carbons (Fsp3) is 0.368. The topological polar surface area (TPSA) is 96.5 Å². The summed E-state index contributed by atoms with van der Waals surface area (Å²) in [6, 6.07) is 5.59. The molecule has 0 radical (unpaired) electrons. The Labute approximate surface area is 166 Å². The van der Waals surface area contributed by atoms with Crippen molar-refractivity contribution < 1.29 is 19.4 Å². The van der Waals surface area contributed by atoms with Gasteiger partial charge in [-0.05, 0) is 37.5 Å². The number of allylic oxidation sites excluding steroid dienone is 2. The maximum absolute atomic E-state index is 13.0. The molecular formula is C19H21F3N6O. The van der Waals surface area contributed by atoms with Crippen LogP contribution in [0.5, 0.6) is 0 Å². The van der Waals surface area contributed by atoms with Gasteiger partial charge in [0.15, 0.2) is 0 Å². The minimum atomic E-state index is -4.72. The fourth-order valence-electron chi connectivity index (χ4n) is 3.92. The average molecular weight is 406 g/mol. The molecule has 2 heterocycles. The maximum Gasteiger partial charge on any atom is 0.432 e. The molecule has 1 aromatic heterocycles. The number of carbonyl (C=O) groups is 1. The molecule has 2 aromatic rings. The second kappa shape index (κ2) is 7.02. The van der Waals surface area contributed by atoms with Crippen LogP contribution in [0.3, 0.4) is 0 Å². The van der Waals surface area contributed by atoms with E-state index in [9.17, 15) is 18.0 Å². The number of aromatic nitrogens is 2. The van der Waals surface area contributed by atoms with Crippen LogP contribution in [0.15, 0.2) is 40.8 Å². The Morgan fingerprint density at radius 3 is 2.86 bits per heavy atom. The molecule has 1 saturated heterocycles. The number of benzene rings is 1. The molecule has 2 unspecified atom stereocenters. The minimum Gasteiger partial charge on any atom is -0.393 e. The fourth-order valence-corrected chi connectivity index (χ4v) is 3.92. The third-order valence-corrected chi connectivity index (χ3v) is 5.30. The molecule has 2 fully saturated rings. The van der Waals surface area contributed by atoms with E-state index in [1.165, 1.54) is 13.2 Å². The van der Waals surface area contributed by atoms with Gasteiger partial charge in [-0.15, -0.1) is 0 Å². The number of anilines is 2. The van der Waals surface area contributed by atoms with Crippen LogP contribution in [-0.2, 0) is 4.79 Å². The van der Waals surface area contributed by atoms with Crippen molar-refractivity contribution in [1.29, 1.82) is 0 Å². The van der Waals surface area contributed by atoms with Crippen molar-refractivity contribution in [1.82, 2.24) is 9.97 Å². The Morgan fingerprint density at radius 2 is 2.21 bits per heavy atom. The number of fused-ring (bicyclic) bond motifs is 3. The van der Waals surface area contributed by atoms with E-state index in [-0.39, 0.29) is 25.2 Å². The van der Waals surface area contributed by atoms with Crippen molar-refractivity contribution in [2.45, 2.75) is 31.5 Å². The molecule has 10 heteroatoms. The van der Waals surface area contributed by atoms with Crippen molar-refractivity contribution in [2.24, 2.45) is 16.6 Å². The third kappa shape index (κ3) is 3.50. The van der Waals surface area contributed by atoms with E-state index in [1.54, 1.807) is 17.0 Å². The second-order valence-electron chi connectivity index (χ2n) is 7.15. The number of alkyl halides is 3. The first-order valence-electron chi connectivity index (χ1n) is 9.14. The van der Waals surface area contributed by atoms with Crippen LogP contribution in [0.25, 0.3) is 10.9 Å². The van der Waals surface area contributed by atoms with Crippen molar-refractivity contribution in [2.75, 3.05) is 17.3 Å². The van der Waals surface area contributed by atoms with Gasteiger partial charge >= 0.3 is 6.18 Å². The summed E-state index contributed by atoms with van der Waals surface area (Å²) < 4.78 is 38.9. The van der Waals surface area contributed by atoms with Crippen LogP contribution in [0, 0.1) is 5.92 Å². The number of nitrogens with zero attached hydrogens (tertiary/aromatic N) is 4. The molecule has 3 N–H and O–H groups in total. The summed E-state index contributed by atoms with van der Waals surface area (Å²) >= 11 is 0. The summed E-state index contributed by atoms with van der Waals surface area (Å²) in [5.41, 5.74) is 4.68. The first-order valence-corrected chi connectivity index (χ1v) is 9.14. The van der Waals surface area contributed by atoms with Crippen molar-refractivity contribution in [3.63, 3.8) is 0 Å². The zero-order valence-corrected chi connectivity index (χ0v) is 15.6. The quantitative estimate of drug-likeness (QED) is 0.760. The van der Waals surface area contributed by atoms with Crippen molar-refractivity contribution in [3.05, 3.63) is 35.8 Å². The lowest BCUT2D eigenvalue weighted by molar-refractivity contribution is -0.121. The number of carbonyl (C=O) groups excluding carboxylic acids is 1. The van der Waals surface area contributed by atoms with Crippen LogP contribution in [-0.4, -0.2) is 41.4 Å². The van der Waals surface area contributed by atoms with Gasteiger partial charge in [0.05, 0.1) is 11.2 Å². The number of hydrogen-bond donors (Lipinski definition) is 2. The van der Waals surface area contributed by atoms with Gasteiger partial charge in [-0.25, -0.2) is 9.97 Å². The highest BCUT2D eigenvalue weighted by Crippen LogP contribution is 2.41. The van der Waals surface area contributed by atoms with E-state index < -0.39 is 17.6 Å². The largest absolute Gasteiger partial charge is 0.432 e. The molecule has 1 saturated carbocycles. The van der Waals surface area contributed by atoms with Crippen LogP contribution in [0.1, 0.15) is 20.7 Å². The summed E-state index contributed by atoms with van der Waals surface area (Å²) in [4.78, 5) is 26.3. The molecule has 1 aliphatic heterocycles. The molecule has 154 valence electrons. The maximum atomic E-state index is 13.0. The van der Waals surface area contributed by atoms with E-state index in [4.69, 9.17) is 5.73 Å². The second-order valence-corrected chi connectivity index (χ2v) is 7.15. The average Bonchev–Trinajstić information content (AvgIpc) is 3.27. The summed E-state index contributed by atoms with van der Waals surface area (Å²) in [5.74, 6) is 0.158. The van der Waals surface area contributed by atoms with Crippen LogP contribution in [0.2, 0.25) is 0 Å². The summed E-state index contributed by atoms with van der Waals surface area (Å²) in [6.07, 6.45) is 0.520. The summed E-state index contributed by atoms with van der Waals surface area (Å²) in [6.45, 7) is 0. The molecule has 2 bridgehead atoms. The number of aliphatic imine (C=N–C) groups is 1. The van der Waals surface area contributed by atoms with Gasteiger partial charge in [0.1, 0.15) is 5.70 Å². The van der Waals surface area contributed by atoms with Gasteiger partial charge in [0, 0.05) is 43.9 Å².